The van der Waals surface area contributed by atoms with Gasteiger partial charge >= 0.3 is 0 Å². The maximum Gasteiger partial charge on any atom is 0.247 e. The summed E-state index contributed by atoms with van der Waals surface area (Å²) in [5.41, 5.74) is 0.771. The van der Waals surface area contributed by atoms with Gasteiger partial charge in [-0.15, -0.1) is 0 Å². The molecule has 1 saturated carbocycles. The molecule has 2 fully saturated rings. The van der Waals surface area contributed by atoms with E-state index >= 15 is 0 Å². The number of rotatable bonds is 8. The lowest BCUT2D eigenvalue weighted by atomic mass is 9.81. The van der Waals surface area contributed by atoms with Gasteiger partial charge in [0.2, 0.25) is 17.7 Å². The van der Waals surface area contributed by atoms with Crippen LogP contribution in [0.25, 0.3) is 0 Å². The highest BCUT2D eigenvalue weighted by Crippen LogP contribution is 2.38. The van der Waals surface area contributed by atoms with Crippen molar-refractivity contribution in [2.24, 2.45) is 11.8 Å². The zero-order valence-corrected chi connectivity index (χ0v) is 18.9. The monoisotopic (exact) mass is 463 g/mol. The average Bonchev–Trinajstić information content (AvgIpc) is 2.96. The van der Waals surface area contributed by atoms with Crippen LogP contribution in [0.2, 0.25) is 0 Å². The third-order valence-electron chi connectivity index (χ3n) is 6.18. The van der Waals surface area contributed by atoms with Crippen molar-refractivity contribution < 1.29 is 14.4 Å². The number of benzene rings is 1. The Morgan fingerprint density at radius 1 is 1.07 bits per heavy atom. The van der Waals surface area contributed by atoms with E-state index in [1.807, 2.05) is 24.3 Å². The number of likely N-dealkylation sites (tertiary alicyclic amines) is 1. The van der Waals surface area contributed by atoms with Crippen molar-refractivity contribution in [1.29, 1.82) is 0 Å². The van der Waals surface area contributed by atoms with Gasteiger partial charge in [0.25, 0.3) is 0 Å². The Morgan fingerprint density at radius 3 is 2.24 bits per heavy atom. The van der Waals surface area contributed by atoms with Gasteiger partial charge in [0.15, 0.2) is 0 Å². The molecule has 2 unspecified atom stereocenters. The number of carbonyl (C=O) groups excluding carboxylic acids is 3. The minimum Gasteiger partial charge on any atom is -0.310 e. The number of nitrogens with zero attached hydrogens (tertiary/aromatic N) is 3. The highest BCUT2D eigenvalue weighted by molar-refractivity contribution is 9.10. The number of anilines is 1. The molecule has 2 atom stereocenters. The van der Waals surface area contributed by atoms with Gasteiger partial charge in [-0.2, -0.15) is 0 Å². The van der Waals surface area contributed by atoms with Gasteiger partial charge in [-0.3, -0.25) is 19.3 Å². The zero-order valence-electron chi connectivity index (χ0n) is 17.3. The second kappa shape index (κ2) is 9.85. The largest absolute Gasteiger partial charge is 0.310 e. The van der Waals surface area contributed by atoms with Crippen molar-refractivity contribution in [3.05, 3.63) is 28.7 Å². The van der Waals surface area contributed by atoms with E-state index in [2.05, 4.69) is 34.7 Å². The number of fused-ring (bicyclic) bond motifs is 1. The van der Waals surface area contributed by atoms with E-state index in [1.165, 1.54) is 4.90 Å². The molecule has 0 radical (unpaired) electrons. The van der Waals surface area contributed by atoms with E-state index in [0.717, 1.165) is 55.5 Å². The van der Waals surface area contributed by atoms with Crippen LogP contribution in [0.5, 0.6) is 0 Å². The summed E-state index contributed by atoms with van der Waals surface area (Å²) in [7, 11) is 0. The number of hydrogen-bond acceptors (Lipinski definition) is 4. The fraction of sp³-hybridized carbons (Fsp3) is 0.591. The van der Waals surface area contributed by atoms with Crippen molar-refractivity contribution in [1.82, 2.24) is 9.80 Å². The predicted molar refractivity (Wildman–Crippen MR) is 116 cm³/mol. The summed E-state index contributed by atoms with van der Waals surface area (Å²) in [6.07, 6.45) is 3.49. The maximum absolute atomic E-state index is 13.2. The summed E-state index contributed by atoms with van der Waals surface area (Å²) in [6, 6.07) is 7.58. The first-order valence-corrected chi connectivity index (χ1v) is 11.4. The first-order chi connectivity index (χ1) is 14.0. The van der Waals surface area contributed by atoms with E-state index < -0.39 is 0 Å². The quantitative estimate of drug-likeness (QED) is 0.554. The molecular weight excluding hydrogens is 434 g/mol. The van der Waals surface area contributed by atoms with Crippen LogP contribution < -0.4 is 4.90 Å². The van der Waals surface area contributed by atoms with Crippen molar-refractivity contribution in [3.63, 3.8) is 0 Å². The minimum absolute atomic E-state index is 0.161. The zero-order chi connectivity index (χ0) is 21.0. The topological polar surface area (TPSA) is 60.9 Å². The lowest BCUT2D eigenvalue weighted by Crippen LogP contribution is -2.46. The summed E-state index contributed by atoms with van der Waals surface area (Å²) in [5, 5.41) is 0. The predicted octanol–water partition coefficient (Wildman–Crippen LogP) is 3.30. The molecule has 0 spiro atoms. The molecule has 6 nitrogen and oxygen atoms in total. The number of likely N-dealkylation sites (N-methyl/N-ethyl adjacent to an activating group) is 1. The SMILES string of the molecule is CCN(CC)CCN(C(=O)CN1C(=O)C2CCCCC2C1=O)c1cccc(Br)c1. The molecule has 3 rings (SSSR count). The molecule has 3 amide bonds. The van der Waals surface area contributed by atoms with Crippen LogP contribution in [-0.2, 0) is 14.4 Å². The summed E-state index contributed by atoms with van der Waals surface area (Å²) in [5.74, 6) is -0.981. The van der Waals surface area contributed by atoms with Gasteiger partial charge in [0, 0.05) is 23.2 Å². The fourth-order valence-corrected chi connectivity index (χ4v) is 4.82. The number of carbonyl (C=O) groups is 3. The van der Waals surface area contributed by atoms with Crippen LogP contribution in [0.4, 0.5) is 5.69 Å². The van der Waals surface area contributed by atoms with E-state index in [4.69, 9.17) is 0 Å². The fourth-order valence-electron chi connectivity index (χ4n) is 4.43. The molecule has 0 N–H and O–H groups in total. The smallest absolute Gasteiger partial charge is 0.247 e. The van der Waals surface area contributed by atoms with Crippen molar-refractivity contribution in [3.8, 4) is 0 Å². The second-order valence-electron chi connectivity index (χ2n) is 7.81. The molecule has 1 saturated heterocycles. The normalized spacial score (nSPS) is 21.6. The highest BCUT2D eigenvalue weighted by atomic mass is 79.9. The Morgan fingerprint density at radius 2 is 1.69 bits per heavy atom. The van der Waals surface area contributed by atoms with Crippen LogP contribution in [0, 0.1) is 11.8 Å². The molecule has 1 aliphatic carbocycles. The molecule has 7 heteroatoms. The average molecular weight is 464 g/mol. The molecule has 29 heavy (non-hydrogen) atoms. The van der Waals surface area contributed by atoms with Crippen LogP contribution in [0.3, 0.4) is 0 Å². The van der Waals surface area contributed by atoms with Crippen molar-refractivity contribution in [2.75, 3.05) is 37.6 Å². The van der Waals surface area contributed by atoms with Crippen LogP contribution in [0.15, 0.2) is 28.7 Å². The third-order valence-corrected chi connectivity index (χ3v) is 6.67. The minimum atomic E-state index is -0.223. The molecule has 158 valence electrons. The van der Waals surface area contributed by atoms with E-state index in [-0.39, 0.29) is 36.1 Å². The molecule has 1 heterocycles. The standard InChI is InChI=1S/C22H30BrN3O3/c1-3-24(4-2)12-13-25(17-9-7-8-16(23)14-17)20(27)15-26-21(28)18-10-5-6-11-19(18)22(26)29/h7-9,14,18-19H,3-6,10-13,15H2,1-2H3. The molecule has 2 aliphatic rings. The Bertz CT molecular complexity index is 741. The molecule has 0 bridgehead atoms. The molecular formula is C22H30BrN3O3. The molecule has 1 aliphatic heterocycles. The van der Waals surface area contributed by atoms with Gasteiger partial charge in [-0.25, -0.2) is 0 Å². The number of hydrogen-bond donors (Lipinski definition) is 0. The van der Waals surface area contributed by atoms with E-state index in [1.54, 1.807) is 4.90 Å². The second-order valence-corrected chi connectivity index (χ2v) is 8.73. The first kappa shape index (κ1) is 22.0. The van der Waals surface area contributed by atoms with E-state index in [0.29, 0.717) is 6.54 Å². The number of imide groups is 1. The summed E-state index contributed by atoms with van der Waals surface area (Å²) in [4.78, 5) is 44.0. The van der Waals surface area contributed by atoms with Crippen LogP contribution in [-0.4, -0.2) is 60.2 Å². The molecule has 1 aromatic carbocycles. The lowest BCUT2D eigenvalue weighted by molar-refractivity contribution is -0.143. The van der Waals surface area contributed by atoms with Gasteiger partial charge in [-0.1, -0.05) is 48.7 Å². The number of amides is 3. The Labute approximate surface area is 181 Å². The maximum atomic E-state index is 13.2. The van der Waals surface area contributed by atoms with Gasteiger partial charge < -0.3 is 9.80 Å². The lowest BCUT2D eigenvalue weighted by Gasteiger charge is -2.28. The van der Waals surface area contributed by atoms with Gasteiger partial charge in [-0.05, 0) is 44.1 Å². The van der Waals surface area contributed by atoms with Gasteiger partial charge in [0.1, 0.15) is 6.54 Å². The summed E-state index contributed by atoms with van der Waals surface area (Å²) in [6.45, 7) is 7.08. The highest BCUT2D eigenvalue weighted by Gasteiger charge is 2.48. The van der Waals surface area contributed by atoms with Crippen molar-refractivity contribution >= 4 is 39.3 Å². The summed E-state index contributed by atoms with van der Waals surface area (Å²) < 4.78 is 0.884. The summed E-state index contributed by atoms with van der Waals surface area (Å²) >= 11 is 3.47. The number of halogens is 1. The Balaban J connectivity index is 1.77. The van der Waals surface area contributed by atoms with Gasteiger partial charge in [0.05, 0.1) is 11.8 Å². The van der Waals surface area contributed by atoms with Crippen LogP contribution in [0.1, 0.15) is 39.5 Å². The Hall–Kier alpha value is -1.73. The third kappa shape index (κ3) is 4.89. The van der Waals surface area contributed by atoms with Crippen LogP contribution >= 0.6 is 15.9 Å². The molecule has 1 aromatic rings. The first-order valence-electron chi connectivity index (χ1n) is 10.6. The molecule has 0 aromatic heterocycles. The van der Waals surface area contributed by atoms with E-state index in [9.17, 15) is 14.4 Å². The van der Waals surface area contributed by atoms with Crippen molar-refractivity contribution in [2.45, 2.75) is 39.5 Å². The Kier molecular flexibility index (Phi) is 7.46.